The lowest BCUT2D eigenvalue weighted by Crippen LogP contribution is -2.36. The molecular weight excluding hydrogens is 304 g/mol. The lowest BCUT2D eigenvalue weighted by Gasteiger charge is -2.16. The maximum Gasteiger partial charge on any atom is 0.212 e. The summed E-state index contributed by atoms with van der Waals surface area (Å²) in [4.78, 5) is 1.01. The standard InChI is InChI=1S/C15H24N2O2S2/c1-2-14(10-12-6-7-12)17-21(18,19)9-8-20-15-5-3-4-13(16)11-15/h3-5,11-12,14,17H,2,6-10,16H2,1H3. The normalized spacial score (nSPS) is 16.8. The average Bonchev–Trinajstić information content (AvgIpc) is 3.21. The Hall–Kier alpha value is -0.720. The summed E-state index contributed by atoms with van der Waals surface area (Å²) in [5, 5.41) is 0. The number of hydrogen-bond acceptors (Lipinski definition) is 4. The van der Waals surface area contributed by atoms with Gasteiger partial charge in [0.25, 0.3) is 0 Å². The maximum atomic E-state index is 12.1. The predicted octanol–water partition coefficient (Wildman–Crippen LogP) is 2.86. The van der Waals surface area contributed by atoms with E-state index in [2.05, 4.69) is 4.72 Å². The predicted molar refractivity (Wildman–Crippen MR) is 89.9 cm³/mol. The lowest BCUT2D eigenvalue weighted by molar-refractivity contribution is 0.496. The van der Waals surface area contributed by atoms with E-state index in [9.17, 15) is 8.42 Å². The molecule has 0 saturated heterocycles. The summed E-state index contributed by atoms with van der Waals surface area (Å²) < 4.78 is 27.1. The summed E-state index contributed by atoms with van der Waals surface area (Å²) in [6.45, 7) is 2.04. The quantitative estimate of drug-likeness (QED) is 0.540. The fourth-order valence-corrected chi connectivity index (χ4v) is 4.97. The third kappa shape index (κ3) is 6.28. The maximum absolute atomic E-state index is 12.1. The van der Waals surface area contributed by atoms with Gasteiger partial charge in [-0.05, 0) is 37.0 Å². The molecule has 6 heteroatoms. The van der Waals surface area contributed by atoms with Crippen molar-refractivity contribution < 1.29 is 8.42 Å². The van der Waals surface area contributed by atoms with E-state index in [1.54, 1.807) is 0 Å². The van der Waals surface area contributed by atoms with Crippen LogP contribution in [-0.2, 0) is 10.0 Å². The molecular formula is C15H24N2O2S2. The molecule has 3 N–H and O–H groups in total. The van der Waals surface area contributed by atoms with E-state index in [4.69, 9.17) is 5.73 Å². The fraction of sp³-hybridized carbons (Fsp3) is 0.600. The van der Waals surface area contributed by atoms with Crippen LogP contribution >= 0.6 is 11.8 Å². The highest BCUT2D eigenvalue weighted by molar-refractivity contribution is 8.00. The van der Waals surface area contributed by atoms with E-state index >= 15 is 0 Å². The number of benzene rings is 1. The number of nitrogens with one attached hydrogen (secondary N) is 1. The minimum Gasteiger partial charge on any atom is -0.399 e. The molecule has 0 bridgehead atoms. The van der Waals surface area contributed by atoms with E-state index < -0.39 is 10.0 Å². The molecule has 118 valence electrons. The molecule has 0 radical (unpaired) electrons. The second-order valence-corrected chi connectivity index (χ2v) is 8.68. The summed E-state index contributed by atoms with van der Waals surface area (Å²) in [6, 6.07) is 7.62. The number of hydrogen-bond donors (Lipinski definition) is 2. The highest BCUT2D eigenvalue weighted by atomic mass is 32.2. The van der Waals surface area contributed by atoms with Gasteiger partial charge in [-0.25, -0.2) is 13.1 Å². The highest BCUT2D eigenvalue weighted by Crippen LogP contribution is 2.34. The van der Waals surface area contributed by atoms with Crippen LogP contribution in [0, 0.1) is 5.92 Å². The lowest BCUT2D eigenvalue weighted by atomic mass is 10.1. The Morgan fingerprint density at radius 2 is 2.19 bits per heavy atom. The SMILES string of the molecule is CCC(CC1CC1)NS(=O)(=O)CCSc1cccc(N)c1. The zero-order valence-electron chi connectivity index (χ0n) is 12.4. The van der Waals surface area contributed by atoms with Crippen molar-refractivity contribution in [1.82, 2.24) is 4.72 Å². The van der Waals surface area contributed by atoms with Gasteiger partial charge in [0.05, 0.1) is 5.75 Å². The largest absolute Gasteiger partial charge is 0.399 e. The highest BCUT2D eigenvalue weighted by Gasteiger charge is 2.26. The van der Waals surface area contributed by atoms with Crippen molar-refractivity contribution >= 4 is 27.5 Å². The molecule has 0 aromatic heterocycles. The molecule has 1 aromatic rings. The third-order valence-electron chi connectivity index (χ3n) is 3.63. The van der Waals surface area contributed by atoms with E-state index in [-0.39, 0.29) is 11.8 Å². The van der Waals surface area contributed by atoms with Gasteiger partial charge in [-0.2, -0.15) is 0 Å². The van der Waals surface area contributed by atoms with Gasteiger partial charge in [0.1, 0.15) is 0 Å². The second-order valence-electron chi connectivity index (χ2n) is 5.64. The number of sulfonamides is 1. The van der Waals surface area contributed by atoms with E-state index in [1.807, 2.05) is 31.2 Å². The number of rotatable bonds is 9. The summed E-state index contributed by atoms with van der Waals surface area (Å²) in [5.74, 6) is 1.42. The molecule has 2 rings (SSSR count). The minimum atomic E-state index is -3.19. The summed E-state index contributed by atoms with van der Waals surface area (Å²) in [5.41, 5.74) is 6.41. The Bertz CT molecular complexity index is 557. The molecule has 1 atom stereocenters. The molecule has 0 aliphatic heterocycles. The van der Waals surface area contributed by atoms with Gasteiger partial charge < -0.3 is 5.73 Å². The molecule has 1 aliphatic carbocycles. The molecule has 1 unspecified atom stereocenters. The van der Waals surface area contributed by atoms with Gasteiger partial charge in [-0.1, -0.05) is 25.8 Å². The molecule has 0 heterocycles. The Balaban J connectivity index is 1.77. The van der Waals surface area contributed by atoms with E-state index in [0.29, 0.717) is 11.4 Å². The first-order valence-corrected chi connectivity index (χ1v) is 10.1. The molecule has 1 aromatic carbocycles. The van der Waals surface area contributed by atoms with Crippen LogP contribution in [0.4, 0.5) is 5.69 Å². The number of thioether (sulfide) groups is 1. The van der Waals surface area contributed by atoms with Crippen LogP contribution in [0.15, 0.2) is 29.2 Å². The Morgan fingerprint density at radius 3 is 2.81 bits per heavy atom. The van der Waals surface area contributed by atoms with Gasteiger partial charge >= 0.3 is 0 Å². The van der Waals surface area contributed by atoms with Crippen LogP contribution in [0.1, 0.15) is 32.6 Å². The van der Waals surface area contributed by atoms with Gasteiger partial charge in [-0.15, -0.1) is 11.8 Å². The van der Waals surface area contributed by atoms with Gasteiger partial charge in [-0.3, -0.25) is 0 Å². The van der Waals surface area contributed by atoms with Crippen LogP contribution in [0.25, 0.3) is 0 Å². The van der Waals surface area contributed by atoms with Crippen LogP contribution in [0.5, 0.6) is 0 Å². The van der Waals surface area contributed by atoms with Crippen LogP contribution in [0.3, 0.4) is 0 Å². The average molecular weight is 329 g/mol. The van der Waals surface area contributed by atoms with Crippen LogP contribution in [-0.4, -0.2) is 26.0 Å². The van der Waals surface area contributed by atoms with Crippen molar-refractivity contribution in [1.29, 1.82) is 0 Å². The first-order chi connectivity index (χ1) is 9.98. The molecule has 4 nitrogen and oxygen atoms in total. The van der Waals surface area contributed by atoms with Crippen LogP contribution < -0.4 is 10.5 Å². The Labute approximate surface area is 131 Å². The van der Waals surface area contributed by atoms with Gasteiger partial charge in [0.2, 0.25) is 10.0 Å². The molecule has 0 spiro atoms. The molecule has 1 aliphatic rings. The fourth-order valence-electron chi connectivity index (χ4n) is 2.24. The van der Waals surface area contributed by atoms with Crippen molar-refractivity contribution in [3.63, 3.8) is 0 Å². The van der Waals surface area contributed by atoms with Gasteiger partial charge in [0.15, 0.2) is 0 Å². The third-order valence-corrected chi connectivity index (χ3v) is 6.32. The van der Waals surface area contributed by atoms with Crippen LogP contribution in [0.2, 0.25) is 0 Å². The van der Waals surface area contributed by atoms with Crippen molar-refractivity contribution in [3.05, 3.63) is 24.3 Å². The molecule has 1 saturated carbocycles. The number of anilines is 1. The second kappa shape index (κ2) is 7.51. The smallest absolute Gasteiger partial charge is 0.212 e. The molecule has 1 fully saturated rings. The summed E-state index contributed by atoms with van der Waals surface area (Å²) >= 11 is 1.52. The van der Waals surface area contributed by atoms with Crippen molar-refractivity contribution in [2.75, 3.05) is 17.2 Å². The minimum absolute atomic E-state index is 0.0971. The first-order valence-electron chi connectivity index (χ1n) is 7.47. The Morgan fingerprint density at radius 1 is 1.43 bits per heavy atom. The van der Waals surface area contributed by atoms with E-state index in [0.717, 1.165) is 23.7 Å². The zero-order valence-corrected chi connectivity index (χ0v) is 14.1. The van der Waals surface area contributed by atoms with Crippen molar-refractivity contribution in [2.24, 2.45) is 5.92 Å². The number of nitrogen functional groups attached to an aromatic ring is 1. The van der Waals surface area contributed by atoms with Crippen molar-refractivity contribution in [3.8, 4) is 0 Å². The summed E-state index contributed by atoms with van der Waals surface area (Å²) in [6.07, 6.45) is 4.35. The van der Waals surface area contributed by atoms with Crippen molar-refractivity contribution in [2.45, 2.75) is 43.5 Å². The monoisotopic (exact) mass is 328 g/mol. The first kappa shape index (κ1) is 16.6. The molecule has 0 amide bonds. The summed E-state index contributed by atoms with van der Waals surface area (Å²) in [7, 11) is -3.19. The molecule has 21 heavy (non-hydrogen) atoms. The zero-order chi connectivity index (χ0) is 15.3. The number of nitrogens with two attached hydrogens (primary N) is 1. The topological polar surface area (TPSA) is 72.2 Å². The van der Waals surface area contributed by atoms with E-state index in [1.165, 1.54) is 24.6 Å². The van der Waals surface area contributed by atoms with Gasteiger partial charge in [0, 0.05) is 22.4 Å². The Kier molecular flexibility index (Phi) is 5.96.